The number of aliphatic hydroxyl groups excluding tert-OH is 1. The minimum absolute atomic E-state index is 0.0457. The molecule has 5 rings (SSSR count). The highest BCUT2D eigenvalue weighted by Gasteiger charge is 2.19. The van der Waals surface area contributed by atoms with Crippen LogP contribution in [0, 0.1) is 5.82 Å². The first kappa shape index (κ1) is 21.5. The maximum Gasteiger partial charge on any atom is 0.274 e. The lowest BCUT2D eigenvalue weighted by molar-refractivity contribution is 0.0924. The minimum Gasteiger partial charge on any atom is -0.396 e. The molecule has 0 saturated heterocycles. The lowest BCUT2D eigenvalue weighted by Gasteiger charge is -2.17. The summed E-state index contributed by atoms with van der Waals surface area (Å²) in [5, 5.41) is 17.4. The predicted molar refractivity (Wildman–Crippen MR) is 125 cm³/mol. The molecule has 0 saturated carbocycles. The molecule has 0 fully saturated rings. The highest BCUT2D eigenvalue weighted by atomic mass is 19.1. The standard InChI is InChI=1S/C25H20FN5O3/c26-18-7-5-15(6-8-18)20(9-10-32)28-24(33)21-12-23-25(34)29-22(14-31(23)30-21)17-11-16-3-1-2-4-19(16)27-13-17/h1-8,11-14,20,32H,9-10H2,(H,28,33)(H,29,34)/t20-/m1/s1. The molecule has 1 amide bonds. The van der Waals surface area contributed by atoms with Crippen molar-refractivity contribution in [2.75, 3.05) is 6.61 Å². The van der Waals surface area contributed by atoms with Crippen LogP contribution in [-0.2, 0) is 0 Å². The summed E-state index contributed by atoms with van der Waals surface area (Å²) in [5.74, 6) is -0.908. The molecule has 170 valence electrons. The van der Waals surface area contributed by atoms with Crippen LogP contribution in [0.1, 0.15) is 28.5 Å². The number of fused-ring (bicyclic) bond motifs is 2. The molecule has 1 atom stereocenters. The Morgan fingerprint density at radius 1 is 1.15 bits per heavy atom. The van der Waals surface area contributed by atoms with Crippen molar-refractivity contribution in [2.24, 2.45) is 0 Å². The van der Waals surface area contributed by atoms with Crippen molar-refractivity contribution in [3.63, 3.8) is 0 Å². The van der Waals surface area contributed by atoms with Gasteiger partial charge in [-0.15, -0.1) is 0 Å². The molecule has 5 aromatic rings. The Balaban J connectivity index is 1.46. The number of carbonyl (C=O) groups excluding carboxylic acids is 1. The van der Waals surface area contributed by atoms with Crippen molar-refractivity contribution in [3.8, 4) is 11.3 Å². The van der Waals surface area contributed by atoms with Gasteiger partial charge in [0.25, 0.3) is 11.5 Å². The van der Waals surface area contributed by atoms with E-state index in [9.17, 15) is 19.1 Å². The number of pyridine rings is 1. The molecule has 0 radical (unpaired) electrons. The molecule has 3 heterocycles. The number of nitrogens with one attached hydrogen (secondary N) is 2. The van der Waals surface area contributed by atoms with Gasteiger partial charge in [0.1, 0.15) is 11.3 Å². The highest BCUT2D eigenvalue weighted by Crippen LogP contribution is 2.21. The van der Waals surface area contributed by atoms with Gasteiger partial charge in [0, 0.05) is 29.8 Å². The van der Waals surface area contributed by atoms with Crippen LogP contribution >= 0.6 is 0 Å². The molecule has 0 spiro atoms. The van der Waals surface area contributed by atoms with Crippen LogP contribution in [0.15, 0.2) is 77.9 Å². The second-order valence-electron chi connectivity index (χ2n) is 7.86. The number of nitrogens with zero attached hydrogens (tertiary/aromatic N) is 3. The van der Waals surface area contributed by atoms with Gasteiger partial charge in [0.2, 0.25) is 0 Å². The quantitative estimate of drug-likeness (QED) is 0.362. The average Bonchev–Trinajstić information content (AvgIpc) is 3.29. The van der Waals surface area contributed by atoms with Crippen molar-refractivity contribution < 1.29 is 14.3 Å². The van der Waals surface area contributed by atoms with E-state index in [4.69, 9.17) is 0 Å². The molecule has 9 heteroatoms. The van der Waals surface area contributed by atoms with Crippen LogP contribution in [0.4, 0.5) is 4.39 Å². The van der Waals surface area contributed by atoms with E-state index in [1.54, 1.807) is 24.5 Å². The summed E-state index contributed by atoms with van der Waals surface area (Å²) in [4.78, 5) is 32.8. The Kier molecular flexibility index (Phi) is 5.60. The summed E-state index contributed by atoms with van der Waals surface area (Å²) in [6.45, 7) is -0.170. The first-order chi connectivity index (χ1) is 16.5. The Bertz CT molecular complexity index is 1560. The molecule has 8 nitrogen and oxygen atoms in total. The third kappa shape index (κ3) is 4.16. The van der Waals surface area contributed by atoms with E-state index in [1.165, 1.54) is 22.7 Å². The molecule has 2 aromatic carbocycles. The first-order valence-corrected chi connectivity index (χ1v) is 10.7. The molecular weight excluding hydrogens is 437 g/mol. The van der Waals surface area contributed by atoms with Gasteiger partial charge in [-0.1, -0.05) is 30.3 Å². The van der Waals surface area contributed by atoms with Gasteiger partial charge in [0.15, 0.2) is 5.69 Å². The van der Waals surface area contributed by atoms with E-state index in [0.717, 1.165) is 10.9 Å². The summed E-state index contributed by atoms with van der Waals surface area (Å²) in [6.07, 6.45) is 3.54. The summed E-state index contributed by atoms with van der Waals surface area (Å²) >= 11 is 0. The normalized spacial score (nSPS) is 12.2. The number of aliphatic hydroxyl groups is 1. The Morgan fingerprint density at radius 2 is 1.94 bits per heavy atom. The SMILES string of the molecule is O=C(N[C@H](CCO)c1ccc(F)cc1)c1cc2c(=O)[nH]c(-c3cnc4ccccc4c3)cn2n1. The maximum atomic E-state index is 13.3. The van der Waals surface area contributed by atoms with Crippen LogP contribution in [0.2, 0.25) is 0 Å². The van der Waals surface area contributed by atoms with Crippen molar-refractivity contribution in [2.45, 2.75) is 12.5 Å². The van der Waals surface area contributed by atoms with E-state index >= 15 is 0 Å². The summed E-state index contributed by atoms with van der Waals surface area (Å²) in [5.41, 5.74) is 2.56. The van der Waals surface area contributed by atoms with Gasteiger partial charge in [-0.25, -0.2) is 8.91 Å². The van der Waals surface area contributed by atoms with Crippen LogP contribution in [0.3, 0.4) is 0 Å². The monoisotopic (exact) mass is 457 g/mol. The fraction of sp³-hybridized carbons (Fsp3) is 0.120. The van der Waals surface area contributed by atoms with Gasteiger partial charge in [-0.2, -0.15) is 5.10 Å². The molecule has 3 aromatic heterocycles. The van der Waals surface area contributed by atoms with Crippen molar-refractivity contribution in [1.29, 1.82) is 0 Å². The van der Waals surface area contributed by atoms with E-state index < -0.39 is 23.3 Å². The zero-order valence-electron chi connectivity index (χ0n) is 17.9. The fourth-order valence-corrected chi connectivity index (χ4v) is 3.86. The molecule has 0 bridgehead atoms. The summed E-state index contributed by atoms with van der Waals surface area (Å²) < 4.78 is 14.6. The van der Waals surface area contributed by atoms with Gasteiger partial charge < -0.3 is 15.4 Å². The van der Waals surface area contributed by atoms with Gasteiger partial charge in [0.05, 0.1) is 23.4 Å². The molecule has 3 N–H and O–H groups in total. The largest absolute Gasteiger partial charge is 0.396 e. The predicted octanol–water partition coefficient (Wildman–Crippen LogP) is 3.23. The molecule has 34 heavy (non-hydrogen) atoms. The molecule has 0 aliphatic carbocycles. The number of para-hydroxylation sites is 1. The smallest absolute Gasteiger partial charge is 0.274 e. The second kappa shape index (κ2) is 8.87. The Morgan fingerprint density at radius 3 is 2.74 bits per heavy atom. The van der Waals surface area contributed by atoms with Gasteiger partial charge in [-0.3, -0.25) is 14.6 Å². The molecular formula is C25H20FN5O3. The molecule has 0 aliphatic rings. The molecule has 0 aliphatic heterocycles. The number of benzene rings is 2. The van der Waals surface area contributed by atoms with Crippen LogP contribution in [0.25, 0.3) is 27.7 Å². The van der Waals surface area contributed by atoms with Crippen LogP contribution in [0.5, 0.6) is 0 Å². The van der Waals surface area contributed by atoms with Gasteiger partial charge >= 0.3 is 0 Å². The number of hydrogen-bond donors (Lipinski definition) is 3. The van der Waals surface area contributed by atoms with E-state index in [1.807, 2.05) is 30.3 Å². The topological polar surface area (TPSA) is 112 Å². The zero-order valence-corrected chi connectivity index (χ0v) is 17.9. The lowest BCUT2D eigenvalue weighted by atomic mass is 10.0. The molecule has 0 unspecified atom stereocenters. The first-order valence-electron chi connectivity index (χ1n) is 10.7. The minimum atomic E-state index is -0.541. The van der Waals surface area contributed by atoms with Crippen LogP contribution in [-0.4, -0.2) is 37.2 Å². The highest BCUT2D eigenvalue weighted by molar-refractivity contribution is 5.93. The Labute approximate surface area is 192 Å². The van der Waals surface area contributed by atoms with Crippen molar-refractivity contribution >= 4 is 22.3 Å². The number of amides is 1. The van der Waals surface area contributed by atoms with Crippen LogP contribution < -0.4 is 10.9 Å². The third-order valence-corrected chi connectivity index (χ3v) is 5.60. The number of aromatic nitrogens is 4. The Hall–Kier alpha value is -4.37. The average molecular weight is 457 g/mol. The fourth-order valence-electron chi connectivity index (χ4n) is 3.86. The number of hydrogen-bond acceptors (Lipinski definition) is 5. The summed E-state index contributed by atoms with van der Waals surface area (Å²) in [7, 11) is 0. The number of carbonyl (C=O) groups is 1. The van der Waals surface area contributed by atoms with Crippen molar-refractivity contribution in [3.05, 3.63) is 100 Å². The number of aromatic amines is 1. The second-order valence-corrected chi connectivity index (χ2v) is 7.86. The summed E-state index contributed by atoms with van der Waals surface area (Å²) in [6, 6.07) is 16.1. The van der Waals surface area contributed by atoms with E-state index in [0.29, 0.717) is 16.8 Å². The number of halogens is 1. The van der Waals surface area contributed by atoms with Crippen molar-refractivity contribution in [1.82, 2.24) is 24.9 Å². The van der Waals surface area contributed by atoms with E-state index in [-0.39, 0.29) is 24.2 Å². The van der Waals surface area contributed by atoms with Gasteiger partial charge in [-0.05, 0) is 36.2 Å². The maximum absolute atomic E-state index is 13.3. The lowest BCUT2D eigenvalue weighted by Crippen LogP contribution is -2.29. The third-order valence-electron chi connectivity index (χ3n) is 5.60. The number of rotatable bonds is 6. The van der Waals surface area contributed by atoms with E-state index in [2.05, 4.69) is 20.4 Å². The number of H-pyrrole nitrogens is 1. The zero-order chi connectivity index (χ0) is 23.7.